The third kappa shape index (κ3) is 5.07. The molecule has 2 aromatic rings. The van der Waals surface area contributed by atoms with E-state index in [2.05, 4.69) is 12.3 Å². The van der Waals surface area contributed by atoms with Crippen molar-refractivity contribution < 1.29 is 4.79 Å². The zero-order valence-electron chi connectivity index (χ0n) is 18.0. The van der Waals surface area contributed by atoms with Gasteiger partial charge in [-0.2, -0.15) is 5.10 Å². The summed E-state index contributed by atoms with van der Waals surface area (Å²) in [5.74, 6) is -0.250. The van der Waals surface area contributed by atoms with Crippen LogP contribution in [-0.2, 0) is 4.79 Å². The number of carbonyl (C=O) groups excluding carboxylic acids is 1. The molecule has 0 saturated carbocycles. The van der Waals surface area contributed by atoms with Gasteiger partial charge in [0.25, 0.3) is 5.91 Å². The van der Waals surface area contributed by atoms with Crippen molar-refractivity contribution in [1.29, 1.82) is 0 Å². The van der Waals surface area contributed by atoms with Gasteiger partial charge in [0.15, 0.2) is 0 Å². The van der Waals surface area contributed by atoms with Gasteiger partial charge in [0.2, 0.25) is 0 Å². The summed E-state index contributed by atoms with van der Waals surface area (Å²) >= 11 is 18.8. The highest BCUT2D eigenvalue weighted by Gasteiger charge is 2.42. The maximum atomic E-state index is 13.4. The Hall–Kier alpha value is -1.79. The fraction of sp³-hybridized carbons (Fsp3) is 0.417. The number of nitrogens with zero attached hydrogens (tertiary/aromatic N) is 3. The number of halogens is 3. The molecular formula is C24H27Cl3N4O. The minimum Gasteiger partial charge on any atom is -0.284 e. The number of hydrogen-bond donors (Lipinski definition) is 1. The van der Waals surface area contributed by atoms with E-state index in [9.17, 15) is 4.79 Å². The molecule has 0 unspecified atom stereocenters. The molecule has 8 heteroatoms. The Morgan fingerprint density at radius 3 is 2.28 bits per heavy atom. The highest BCUT2D eigenvalue weighted by molar-refractivity contribution is 6.41. The molecule has 0 spiro atoms. The molecule has 0 radical (unpaired) electrons. The zero-order chi connectivity index (χ0) is 22.7. The molecule has 1 N–H and O–H groups in total. The molecule has 1 amide bonds. The van der Waals surface area contributed by atoms with Gasteiger partial charge in [0.05, 0.1) is 16.8 Å². The number of anilines is 1. The quantitative estimate of drug-likeness (QED) is 0.517. The Morgan fingerprint density at radius 2 is 1.66 bits per heavy atom. The summed E-state index contributed by atoms with van der Waals surface area (Å²) in [5, 5.41) is 10.4. The Labute approximate surface area is 204 Å². The van der Waals surface area contributed by atoms with Crippen LogP contribution in [0.1, 0.15) is 50.6 Å². The molecule has 4 rings (SSSR count). The summed E-state index contributed by atoms with van der Waals surface area (Å²) in [6.45, 7) is 3.81. The second kappa shape index (κ2) is 10.4. The molecule has 170 valence electrons. The molecule has 2 aliphatic rings. The van der Waals surface area contributed by atoms with Gasteiger partial charge in [-0.25, -0.2) is 5.01 Å². The first kappa shape index (κ1) is 23.4. The molecule has 0 aliphatic carbocycles. The average molecular weight is 494 g/mol. The number of carbonyl (C=O) groups is 1. The predicted octanol–water partition coefficient (Wildman–Crippen LogP) is 6.50. The Balaban J connectivity index is 1.70. The largest absolute Gasteiger partial charge is 0.284 e. The average Bonchev–Trinajstić information content (AvgIpc) is 2.96. The van der Waals surface area contributed by atoms with Gasteiger partial charge in [-0.15, -0.1) is 0 Å². The summed E-state index contributed by atoms with van der Waals surface area (Å²) in [6, 6.07) is 12.8. The van der Waals surface area contributed by atoms with Gasteiger partial charge in [0, 0.05) is 29.1 Å². The zero-order valence-corrected chi connectivity index (χ0v) is 20.3. The summed E-state index contributed by atoms with van der Waals surface area (Å²) in [5.41, 5.74) is 5.36. The maximum Gasteiger partial charge on any atom is 0.282 e. The topological polar surface area (TPSA) is 47.9 Å². The first-order valence-corrected chi connectivity index (χ1v) is 12.3. The Kier molecular flexibility index (Phi) is 7.62. The normalized spacial score (nSPS) is 21.9. The lowest BCUT2D eigenvalue weighted by Crippen LogP contribution is -2.47. The van der Waals surface area contributed by atoms with Gasteiger partial charge in [-0.1, -0.05) is 66.7 Å². The van der Waals surface area contributed by atoms with Crippen LogP contribution in [0.3, 0.4) is 0 Å². The Bertz CT molecular complexity index is 987. The van der Waals surface area contributed by atoms with Crippen molar-refractivity contribution in [3.05, 3.63) is 63.1 Å². The smallest absolute Gasteiger partial charge is 0.282 e. The lowest BCUT2D eigenvalue weighted by Gasteiger charge is -2.29. The highest BCUT2D eigenvalue weighted by atomic mass is 35.5. The van der Waals surface area contributed by atoms with Crippen molar-refractivity contribution in [2.75, 3.05) is 18.1 Å². The highest BCUT2D eigenvalue weighted by Crippen LogP contribution is 2.43. The van der Waals surface area contributed by atoms with Crippen LogP contribution in [0.4, 0.5) is 5.69 Å². The van der Waals surface area contributed by atoms with Crippen LogP contribution in [0.25, 0.3) is 0 Å². The first-order valence-electron chi connectivity index (χ1n) is 11.1. The van der Waals surface area contributed by atoms with Gasteiger partial charge < -0.3 is 0 Å². The number of hydrazine groups is 1. The summed E-state index contributed by atoms with van der Waals surface area (Å²) in [4.78, 5) is 13.4. The van der Waals surface area contributed by atoms with E-state index in [0.29, 0.717) is 26.5 Å². The van der Waals surface area contributed by atoms with Crippen LogP contribution in [0.5, 0.6) is 0 Å². The number of nitrogens with one attached hydrogen (secondary N) is 1. The third-order valence-corrected chi connectivity index (χ3v) is 6.91. The summed E-state index contributed by atoms with van der Waals surface area (Å²) in [6.07, 6.45) is 5.33. The van der Waals surface area contributed by atoms with Crippen LogP contribution in [0, 0.1) is 5.92 Å². The number of benzene rings is 2. The van der Waals surface area contributed by atoms with E-state index in [-0.39, 0.29) is 17.9 Å². The van der Waals surface area contributed by atoms with Crippen molar-refractivity contribution >= 4 is 52.1 Å². The lowest BCUT2D eigenvalue weighted by molar-refractivity contribution is -0.119. The fourth-order valence-corrected chi connectivity index (χ4v) is 5.11. The number of rotatable bonds is 5. The number of amides is 1. The summed E-state index contributed by atoms with van der Waals surface area (Å²) in [7, 11) is 0. The minimum absolute atomic E-state index is 0.102. The monoisotopic (exact) mass is 492 g/mol. The van der Waals surface area contributed by atoms with E-state index in [0.717, 1.165) is 37.9 Å². The second-order valence-corrected chi connectivity index (χ2v) is 9.56. The second-order valence-electron chi connectivity index (χ2n) is 8.28. The van der Waals surface area contributed by atoms with Crippen LogP contribution in [0.2, 0.25) is 15.1 Å². The van der Waals surface area contributed by atoms with Crippen molar-refractivity contribution in [3.8, 4) is 0 Å². The molecule has 0 bridgehead atoms. The van der Waals surface area contributed by atoms with E-state index in [4.69, 9.17) is 39.9 Å². The number of hydrazone groups is 1. The van der Waals surface area contributed by atoms with Gasteiger partial charge in [-0.05, 0) is 55.2 Å². The van der Waals surface area contributed by atoms with Crippen LogP contribution >= 0.6 is 34.8 Å². The summed E-state index contributed by atoms with van der Waals surface area (Å²) < 4.78 is 0. The molecule has 32 heavy (non-hydrogen) atoms. The number of hydrogen-bond acceptors (Lipinski definition) is 4. The fourth-order valence-electron chi connectivity index (χ4n) is 4.49. The van der Waals surface area contributed by atoms with E-state index in [1.165, 1.54) is 12.8 Å². The van der Waals surface area contributed by atoms with Crippen LogP contribution in [0.15, 0.2) is 47.6 Å². The van der Waals surface area contributed by atoms with E-state index >= 15 is 0 Å². The van der Waals surface area contributed by atoms with E-state index < -0.39 is 0 Å². The van der Waals surface area contributed by atoms with Crippen molar-refractivity contribution in [2.24, 2.45) is 11.0 Å². The lowest BCUT2D eigenvalue weighted by atomic mass is 9.87. The van der Waals surface area contributed by atoms with Gasteiger partial charge in [0.1, 0.15) is 5.71 Å². The molecular weight excluding hydrogens is 467 g/mol. The molecule has 2 aliphatic heterocycles. The molecule has 2 heterocycles. The molecule has 5 nitrogen and oxygen atoms in total. The van der Waals surface area contributed by atoms with Gasteiger partial charge in [-0.3, -0.25) is 15.2 Å². The van der Waals surface area contributed by atoms with Gasteiger partial charge >= 0.3 is 0 Å². The molecule has 2 aromatic carbocycles. The molecule has 0 aromatic heterocycles. The predicted molar refractivity (Wildman–Crippen MR) is 133 cm³/mol. The van der Waals surface area contributed by atoms with Crippen LogP contribution in [-0.4, -0.2) is 29.7 Å². The molecule has 1 fully saturated rings. The molecule has 1 saturated heterocycles. The Morgan fingerprint density at radius 1 is 1.00 bits per heavy atom. The van der Waals surface area contributed by atoms with Crippen molar-refractivity contribution in [1.82, 2.24) is 10.4 Å². The van der Waals surface area contributed by atoms with E-state index in [1.807, 2.05) is 40.3 Å². The van der Waals surface area contributed by atoms with Crippen LogP contribution < -0.4 is 10.4 Å². The molecule has 2 atom stereocenters. The SMILES string of the molecule is CC[C@@H]1C(C(=O)NN2CCCCCC2)=NN(c2ccc(Cl)cc2Cl)[C@@H]1c1ccc(Cl)cc1. The first-order chi connectivity index (χ1) is 15.5. The minimum atomic E-state index is -0.180. The van der Waals surface area contributed by atoms with Crippen molar-refractivity contribution in [3.63, 3.8) is 0 Å². The maximum absolute atomic E-state index is 13.4. The van der Waals surface area contributed by atoms with E-state index in [1.54, 1.807) is 12.1 Å². The third-order valence-electron chi connectivity index (χ3n) is 6.12. The standard InChI is InChI=1S/C24H27Cl3N4O/c1-2-19-22(24(32)29-30-13-5-3-4-6-14-30)28-31(21-12-11-18(26)15-20(21)27)23(19)16-7-9-17(25)10-8-16/h7-12,15,19,23H,2-6,13-14H2,1H3,(H,29,32)/t19-,23-/m1/s1. The van der Waals surface area contributed by atoms with Crippen molar-refractivity contribution in [2.45, 2.75) is 45.1 Å².